The third kappa shape index (κ3) is 3.22. The van der Waals surface area contributed by atoms with Crippen molar-refractivity contribution in [3.05, 3.63) is 132 Å². The Kier molecular flexibility index (Phi) is 4.69. The first-order valence-electron chi connectivity index (χ1n) is 12.6. The summed E-state index contributed by atoms with van der Waals surface area (Å²) in [7, 11) is 0. The van der Waals surface area contributed by atoms with E-state index < -0.39 is 0 Å². The molecule has 0 saturated heterocycles. The third-order valence-corrected chi connectivity index (χ3v) is 7.75. The highest BCUT2D eigenvalue weighted by Gasteiger charge is 2.11. The number of benzene rings is 7. The molecule has 170 valence electrons. The summed E-state index contributed by atoms with van der Waals surface area (Å²) >= 11 is 0. The van der Waals surface area contributed by atoms with E-state index >= 15 is 0 Å². The van der Waals surface area contributed by atoms with Crippen molar-refractivity contribution in [2.75, 3.05) is 0 Å². The van der Waals surface area contributed by atoms with Crippen LogP contribution in [0, 0.1) is 13.8 Å². The summed E-state index contributed by atoms with van der Waals surface area (Å²) in [5.41, 5.74) is 7.73. The van der Waals surface area contributed by atoms with Gasteiger partial charge in [-0.1, -0.05) is 109 Å². The van der Waals surface area contributed by atoms with Crippen LogP contribution in [0.5, 0.6) is 0 Å². The van der Waals surface area contributed by atoms with E-state index in [1.54, 1.807) is 0 Å². The molecule has 0 aliphatic rings. The van der Waals surface area contributed by atoms with Gasteiger partial charge in [0, 0.05) is 0 Å². The second-order valence-electron chi connectivity index (χ2n) is 9.89. The lowest BCUT2D eigenvalue weighted by Gasteiger charge is -2.13. The Morgan fingerprint density at radius 1 is 0.333 bits per heavy atom. The number of fused-ring (bicyclic) bond motifs is 5. The zero-order valence-corrected chi connectivity index (χ0v) is 20.5. The Balaban J connectivity index is 1.48. The maximum atomic E-state index is 2.38. The average molecular weight is 459 g/mol. The first-order valence-corrected chi connectivity index (χ1v) is 12.6. The van der Waals surface area contributed by atoms with Gasteiger partial charge in [-0.2, -0.15) is 0 Å². The van der Waals surface area contributed by atoms with Crippen molar-refractivity contribution in [3.63, 3.8) is 0 Å². The van der Waals surface area contributed by atoms with Crippen LogP contribution >= 0.6 is 0 Å². The molecule has 0 unspecified atom stereocenters. The molecule has 0 N–H and O–H groups in total. The predicted molar refractivity (Wildman–Crippen MR) is 157 cm³/mol. The first-order chi connectivity index (χ1) is 17.7. The van der Waals surface area contributed by atoms with Crippen LogP contribution in [0.15, 0.2) is 121 Å². The molecular formula is C36H26. The average Bonchev–Trinajstić information content (AvgIpc) is 2.93. The minimum Gasteiger partial charge on any atom is -0.0616 e. The molecule has 0 aromatic heterocycles. The minimum absolute atomic E-state index is 1.26. The summed E-state index contributed by atoms with van der Waals surface area (Å²) in [6.07, 6.45) is 0. The van der Waals surface area contributed by atoms with E-state index in [1.807, 2.05) is 0 Å². The monoisotopic (exact) mass is 458 g/mol. The fourth-order valence-electron chi connectivity index (χ4n) is 5.79. The van der Waals surface area contributed by atoms with E-state index in [0.29, 0.717) is 0 Å². The molecule has 7 aromatic carbocycles. The largest absolute Gasteiger partial charge is 0.0616 e. The maximum Gasteiger partial charge on any atom is -0.00990 e. The van der Waals surface area contributed by atoms with E-state index in [4.69, 9.17) is 0 Å². The molecule has 0 heteroatoms. The summed E-state index contributed by atoms with van der Waals surface area (Å²) in [6, 6.07) is 44.8. The van der Waals surface area contributed by atoms with Gasteiger partial charge in [0.05, 0.1) is 0 Å². The van der Waals surface area contributed by atoms with E-state index in [9.17, 15) is 0 Å². The third-order valence-electron chi connectivity index (χ3n) is 7.75. The van der Waals surface area contributed by atoms with Gasteiger partial charge in [-0.25, -0.2) is 0 Å². The molecule has 0 heterocycles. The molecule has 7 rings (SSSR count). The molecule has 0 bridgehead atoms. The van der Waals surface area contributed by atoms with Crippen LogP contribution in [0.1, 0.15) is 11.1 Å². The molecule has 0 atom stereocenters. The lowest BCUT2D eigenvalue weighted by Crippen LogP contribution is -1.87. The van der Waals surface area contributed by atoms with Gasteiger partial charge in [0.15, 0.2) is 0 Å². The van der Waals surface area contributed by atoms with Gasteiger partial charge in [-0.15, -0.1) is 0 Å². The topological polar surface area (TPSA) is 0 Å². The number of rotatable bonds is 2. The molecule has 0 amide bonds. The molecule has 0 nitrogen and oxygen atoms in total. The normalized spacial score (nSPS) is 11.6. The van der Waals surface area contributed by atoms with E-state index in [-0.39, 0.29) is 0 Å². The Hall–Kier alpha value is -4.42. The molecule has 0 aliphatic heterocycles. The van der Waals surface area contributed by atoms with Gasteiger partial charge in [0.2, 0.25) is 0 Å². The summed E-state index contributed by atoms with van der Waals surface area (Å²) in [6.45, 7) is 4.38. The van der Waals surface area contributed by atoms with Gasteiger partial charge in [-0.3, -0.25) is 0 Å². The highest BCUT2D eigenvalue weighted by Crippen LogP contribution is 2.37. The SMILES string of the molecule is Cc1ccc(-c2ccc3ccc4ccc(-c5ccc(C)c6ccccc56)cc4c3c2)c2ccccc12. The molecule has 0 fully saturated rings. The van der Waals surface area contributed by atoms with Crippen molar-refractivity contribution >= 4 is 43.1 Å². The van der Waals surface area contributed by atoms with E-state index in [0.717, 1.165) is 0 Å². The van der Waals surface area contributed by atoms with Crippen LogP contribution in [0.2, 0.25) is 0 Å². The smallest absolute Gasteiger partial charge is 0.00990 e. The fraction of sp³-hybridized carbons (Fsp3) is 0.0556. The molecule has 0 aliphatic carbocycles. The van der Waals surface area contributed by atoms with Gasteiger partial charge < -0.3 is 0 Å². The van der Waals surface area contributed by atoms with Crippen molar-refractivity contribution in [1.29, 1.82) is 0 Å². The quantitative estimate of drug-likeness (QED) is 0.226. The molecule has 0 radical (unpaired) electrons. The highest BCUT2D eigenvalue weighted by atomic mass is 14.1. The van der Waals surface area contributed by atoms with Crippen molar-refractivity contribution < 1.29 is 0 Å². The second kappa shape index (κ2) is 8.07. The molecule has 0 spiro atoms. The lowest BCUT2D eigenvalue weighted by atomic mass is 9.91. The van der Waals surface area contributed by atoms with Crippen molar-refractivity contribution in [3.8, 4) is 22.3 Å². The van der Waals surface area contributed by atoms with Crippen LogP contribution in [-0.4, -0.2) is 0 Å². The minimum atomic E-state index is 1.26. The molecule has 36 heavy (non-hydrogen) atoms. The maximum absolute atomic E-state index is 2.38. The van der Waals surface area contributed by atoms with Crippen molar-refractivity contribution in [2.24, 2.45) is 0 Å². The molecule has 0 saturated carbocycles. The predicted octanol–water partition coefficient (Wildman–Crippen LogP) is 10.3. The van der Waals surface area contributed by atoms with Crippen LogP contribution < -0.4 is 0 Å². The van der Waals surface area contributed by atoms with Crippen molar-refractivity contribution in [2.45, 2.75) is 13.8 Å². The zero-order chi connectivity index (χ0) is 24.2. The fourth-order valence-corrected chi connectivity index (χ4v) is 5.79. The second-order valence-corrected chi connectivity index (χ2v) is 9.89. The van der Waals surface area contributed by atoms with Crippen LogP contribution in [0.4, 0.5) is 0 Å². The Labute approximate surface area is 211 Å². The summed E-state index contributed by atoms with van der Waals surface area (Å²) < 4.78 is 0. The summed E-state index contributed by atoms with van der Waals surface area (Å²) in [4.78, 5) is 0. The highest BCUT2D eigenvalue weighted by molar-refractivity contribution is 6.12. The Morgan fingerprint density at radius 3 is 1.17 bits per heavy atom. The molecular weight excluding hydrogens is 432 g/mol. The number of aryl methyl sites for hydroxylation is 2. The van der Waals surface area contributed by atoms with Gasteiger partial charge in [-0.05, 0) is 102 Å². The Bertz CT molecular complexity index is 1810. The van der Waals surface area contributed by atoms with Crippen molar-refractivity contribution in [1.82, 2.24) is 0 Å². The van der Waals surface area contributed by atoms with Gasteiger partial charge in [0.1, 0.15) is 0 Å². The standard InChI is InChI=1S/C36H26/c1-23-11-19-31(33-9-5-3-7-29(23)33)27-17-15-25-13-14-26-16-18-28(22-36(26)35(25)21-27)32-20-12-24(2)30-8-4-6-10-34(30)32/h3-22H,1-2H3. The lowest BCUT2D eigenvalue weighted by molar-refractivity contribution is 1.52. The van der Waals surface area contributed by atoms with E-state index in [1.165, 1.54) is 76.5 Å². The van der Waals surface area contributed by atoms with Gasteiger partial charge >= 0.3 is 0 Å². The van der Waals surface area contributed by atoms with Crippen LogP contribution in [0.25, 0.3) is 65.3 Å². The summed E-state index contributed by atoms with van der Waals surface area (Å²) in [5.74, 6) is 0. The number of hydrogen-bond donors (Lipinski definition) is 0. The number of hydrogen-bond acceptors (Lipinski definition) is 0. The molecule has 7 aromatic rings. The first kappa shape index (κ1) is 20.9. The zero-order valence-electron chi connectivity index (χ0n) is 20.5. The van der Waals surface area contributed by atoms with Crippen LogP contribution in [0.3, 0.4) is 0 Å². The summed E-state index contributed by atoms with van der Waals surface area (Å²) in [5, 5.41) is 10.4. The van der Waals surface area contributed by atoms with E-state index in [2.05, 4.69) is 135 Å². The van der Waals surface area contributed by atoms with Crippen LogP contribution in [-0.2, 0) is 0 Å². The Morgan fingerprint density at radius 2 is 0.722 bits per heavy atom. The van der Waals surface area contributed by atoms with Gasteiger partial charge in [0.25, 0.3) is 0 Å².